The predicted octanol–water partition coefficient (Wildman–Crippen LogP) is 1.13. The third kappa shape index (κ3) is 6.33. The van der Waals surface area contributed by atoms with Gasteiger partial charge in [0, 0.05) is 47.8 Å². The van der Waals surface area contributed by atoms with Crippen LogP contribution in [0.25, 0.3) is 0 Å². The summed E-state index contributed by atoms with van der Waals surface area (Å²) in [4.78, 5) is 35.6. The van der Waals surface area contributed by atoms with E-state index >= 15 is 0 Å². The van der Waals surface area contributed by atoms with Crippen LogP contribution in [0.15, 0.2) is 4.99 Å². The molecule has 0 aromatic carbocycles. The van der Waals surface area contributed by atoms with Gasteiger partial charge in [-0.15, -0.1) is 0 Å². The average Bonchev–Trinajstić information content (AvgIpc) is 3.38. The molecule has 1 saturated carbocycles. The number of carbonyl (C=O) groups is 2. The molecule has 1 heterocycles. The number of hydrogen-bond acceptors (Lipinski definition) is 4. The monoisotopic (exact) mass is 422 g/mol. The van der Waals surface area contributed by atoms with Crippen molar-refractivity contribution < 1.29 is 9.59 Å². The molecule has 1 aliphatic heterocycles. The van der Waals surface area contributed by atoms with Crippen molar-refractivity contribution in [3.63, 3.8) is 0 Å². The van der Waals surface area contributed by atoms with Crippen LogP contribution in [0.1, 0.15) is 51.9 Å². The van der Waals surface area contributed by atoms with Crippen LogP contribution in [0.5, 0.6) is 0 Å². The Hall–Kier alpha value is -1.83. The summed E-state index contributed by atoms with van der Waals surface area (Å²) in [6.07, 6.45) is 7.03. The highest BCUT2D eigenvalue weighted by Gasteiger charge is 2.42. The van der Waals surface area contributed by atoms with Crippen molar-refractivity contribution in [3.8, 4) is 0 Å². The smallest absolute Gasteiger partial charge is 0.239 e. The van der Waals surface area contributed by atoms with Gasteiger partial charge in [-0.25, -0.2) is 0 Å². The van der Waals surface area contributed by atoms with Gasteiger partial charge in [-0.05, 0) is 45.6 Å². The molecule has 2 rings (SSSR count). The highest BCUT2D eigenvalue weighted by molar-refractivity contribution is 5.84. The quantitative estimate of drug-likeness (QED) is 0.331. The summed E-state index contributed by atoms with van der Waals surface area (Å²) in [5.74, 6) is 1.19. The first-order chi connectivity index (χ1) is 14.3. The van der Waals surface area contributed by atoms with Gasteiger partial charge in [0.25, 0.3) is 0 Å². The van der Waals surface area contributed by atoms with E-state index in [1.54, 1.807) is 9.80 Å². The van der Waals surface area contributed by atoms with E-state index in [4.69, 9.17) is 4.99 Å². The Labute approximate surface area is 182 Å². The number of guanidine groups is 1. The molecular weight excluding hydrogens is 380 g/mol. The minimum Gasteiger partial charge on any atom is -0.357 e. The Bertz CT molecular complexity index is 598. The van der Waals surface area contributed by atoms with Gasteiger partial charge in [0.15, 0.2) is 5.96 Å². The number of nitrogens with one attached hydrogen (secondary N) is 2. The van der Waals surface area contributed by atoms with Crippen LogP contribution in [0.2, 0.25) is 0 Å². The van der Waals surface area contributed by atoms with Crippen LogP contribution in [0, 0.1) is 5.41 Å². The molecule has 1 saturated heterocycles. The zero-order valence-corrected chi connectivity index (χ0v) is 19.7. The van der Waals surface area contributed by atoms with Crippen molar-refractivity contribution in [2.24, 2.45) is 10.4 Å². The number of likely N-dealkylation sites (N-methyl/N-ethyl adjacent to an activating group) is 1. The highest BCUT2D eigenvalue weighted by atomic mass is 16.2. The zero-order valence-electron chi connectivity index (χ0n) is 19.7. The SMILES string of the molecule is CCNC(=NCC1(C(=O)N(C)C)CCCC1)NCCCN1CCCC1C(=O)N(C)C. The van der Waals surface area contributed by atoms with Crippen molar-refractivity contribution in [1.29, 1.82) is 0 Å². The molecule has 1 atom stereocenters. The maximum absolute atomic E-state index is 12.8. The molecule has 2 fully saturated rings. The molecule has 1 unspecified atom stereocenters. The lowest BCUT2D eigenvalue weighted by Crippen LogP contribution is -2.44. The fourth-order valence-electron chi connectivity index (χ4n) is 4.70. The van der Waals surface area contributed by atoms with Crippen LogP contribution < -0.4 is 10.6 Å². The van der Waals surface area contributed by atoms with Crippen LogP contribution in [0.4, 0.5) is 0 Å². The number of aliphatic imine (C=N–C) groups is 1. The lowest BCUT2D eigenvalue weighted by atomic mass is 9.85. The molecule has 2 aliphatic rings. The summed E-state index contributed by atoms with van der Waals surface area (Å²) in [5, 5.41) is 6.71. The van der Waals surface area contributed by atoms with E-state index in [0.29, 0.717) is 6.54 Å². The number of carbonyl (C=O) groups excluding carboxylic acids is 2. The van der Waals surface area contributed by atoms with E-state index < -0.39 is 0 Å². The van der Waals surface area contributed by atoms with Gasteiger partial charge in [0.05, 0.1) is 18.0 Å². The largest absolute Gasteiger partial charge is 0.357 e. The first-order valence-electron chi connectivity index (χ1n) is 11.5. The lowest BCUT2D eigenvalue weighted by Gasteiger charge is -2.29. The molecule has 0 aromatic rings. The Morgan fingerprint density at radius 1 is 1.07 bits per heavy atom. The first kappa shape index (κ1) is 24.4. The van der Waals surface area contributed by atoms with Crippen molar-refractivity contribution in [1.82, 2.24) is 25.3 Å². The number of hydrogen-bond donors (Lipinski definition) is 2. The summed E-state index contributed by atoms with van der Waals surface area (Å²) in [5.41, 5.74) is -0.346. The zero-order chi connectivity index (χ0) is 22.1. The van der Waals surface area contributed by atoms with Crippen molar-refractivity contribution in [2.75, 3.05) is 60.9 Å². The molecular formula is C22H42N6O2. The van der Waals surface area contributed by atoms with Gasteiger partial charge >= 0.3 is 0 Å². The summed E-state index contributed by atoms with van der Waals surface area (Å²) < 4.78 is 0. The third-order valence-electron chi connectivity index (χ3n) is 6.31. The Morgan fingerprint density at radius 2 is 1.77 bits per heavy atom. The molecule has 2 amide bonds. The molecule has 172 valence electrons. The van der Waals surface area contributed by atoms with Crippen LogP contribution in [0.3, 0.4) is 0 Å². The van der Waals surface area contributed by atoms with Gasteiger partial charge in [-0.2, -0.15) is 0 Å². The molecule has 8 heteroatoms. The minimum atomic E-state index is -0.346. The second-order valence-corrected chi connectivity index (χ2v) is 9.09. The van der Waals surface area contributed by atoms with Gasteiger partial charge in [-0.3, -0.25) is 19.5 Å². The highest BCUT2D eigenvalue weighted by Crippen LogP contribution is 2.39. The van der Waals surface area contributed by atoms with E-state index in [2.05, 4.69) is 22.5 Å². The van der Waals surface area contributed by atoms with Gasteiger partial charge in [0.1, 0.15) is 0 Å². The fraction of sp³-hybridized carbons (Fsp3) is 0.864. The van der Waals surface area contributed by atoms with Gasteiger partial charge in [0.2, 0.25) is 11.8 Å². The summed E-state index contributed by atoms with van der Waals surface area (Å²) in [7, 11) is 7.33. The van der Waals surface area contributed by atoms with Crippen LogP contribution in [-0.4, -0.2) is 99.4 Å². The standard InChI is InChI=1S/C22H42N6O2/c1-6-23-21(25-17-22(12-7-8-13-22)20(30)27(4)5)24-14-10-16-28-15-9-11-18(28)19(29)26(2)3/h18H,6-17H2,1-5H3,(H2,23,24,25). The maximum Gasteiger partial charge on any atom is 0.239 e. The third-order valence-corrected chi connectivity index (χ3v) is 6.31. The van der Waals surface area contributed by atoms with E-state index in [9.17, 15) is 9.59 Å². The van der Waals surface area contributed by atoms with E-state index in [0.717, 1.165) is 77.1 Å². The maximum atomic E-state index is 12.8. The number of rotatable bonds is 9. The number of amides is 2. The van der Waals surface area contributed by atoms with Gasteiger partial charge < -0.3 is 20.4 Å². The fourth-order valence-corrected chi connectivity index (χ4v) is 4.70. The van der Waals surface area contributed by atoms with Crippen molar-refractivity contribution >= 4 is 17.8 Å². The summed E-state index contributed by atoms with van der Waals surface area (Å²) >= 11 is 0. The minimum absolute atomic E-state index is 0.0289. The summed E-state index contributed by atoms with van der Waals surface area (Å²) in [6.45, 7) is 6.05. The van der Waals surface area contributed by atoms with E-state index in [1.165, 1.54) is 0 Å². The normalized spacial score (nSPS) is 21.5. The lowest BCUT2D eigenvalue weighted by molar-refractivity contribution is -0.138. The molecule has 2 N–H and O–H groups in total. The van der Waals surface area contributed by atoms with Crippen molar-refractivity contribution in [3.05, 3.63) is 0 Å². The van der Waals surface area contributed by atoms with E-state index in [-0.39, 0.29) is 23.3 Å². The molecule has 30 heavy (non-hydrogen) atoms. The second-order valence-electron chi connectivity index (χ2n) is 9.09. The average molecular weight is 423 g/mol. The van der Waals surface area contributed by atoms with Gasteiger partial charge in [-0.1, -0.05) is 12.8 Å². The summed E-state index contributed by atoms with van der Waals surface area (Å²) in [6, 6.07) is 0.0289. The first-order valence-corrected chi connectivity index (χ1v) is 11.5. The van der Waals surface area contributed by atoms with Crippen molar-refractivity contribution in [2.45, 2.75) is 57.9 Å². The Morgan fingerprint density at radius 3 is 2.37 bits per heavy atom. The Kier molecular flexibility index (Phi) is 9.39. The molecule has 1 aliphatic carbocycles. The number of nitrogens with zero attached hydrogens (tertiary/aromatic N) is 4. The van der Waals surface area contributed by atoms with Crippen LogP contribution in [-0.2, 0) is 9.59 Å². The molecule has 0 spiro atoms. The topological polar surface area (TPSA) is 80.3 Å². The molecule has 0 bridgehead atoms. The Balaban J connectivity index is 1.86. The second kappa shape index (κ2) is 11.5. The number of likely N-dealkylation sites (tertiary alicyclic amines) is 1. The van der Waals surface area contributed by atoms with Crippen LogP contribution >= 0.6 is 0 Å². The molecule has 0 radical (unpaired) electrons. The molecule has 0 aromatic heterocycles. The molecule has 8 nitrogen and oxygen atoms in total. The predicted molar refractivity (Wildman–Crippen MR) is 121 cm³/mol. The van der Waals surface area contributed by atoms with E-state index in [1.807, 2.05) is 28.2 Å².